The molecule has 2 heteroatoms. The fraction of sp³-hybridized carbons (Fsp3) is 0.188. The number of allylic oxidation sites excluding steroid dienone is 1. The third-order valence-corrected chi connectivity index (χ3v) is 2.93. The van der Waals surface area contributed by atoms with E-state index in [0.717, 1.165) is 11.3 Å². The van der Waals surface area contributed by atoms with E-state index in [1.54, 1.807) is 6.08 Å². The minimum atomic E-state index is 0.144. The monoisotopic (exact) mass is 239 g/mol. The first kappa shape index (κ1) is 12.4. The fourth-order valence-electron chi connectivity index (χ4n) is 1.95. The Balaban J connectivity index is 2.14. The zero-order valence-electron chi connectivity index (χ0n) is 10.6. The van der Waals surface area contributed by atoms with Gasteiger partial charge in [-0.1, -0.05) is 35.9 Å². The maximum absolute atomic E-state index is 12.2. The lowest BCUT2D eigenvalue weighted by Gasteiger charge is -2.06. The fourth-order valence-corrected chi connectivity index (χ4v) is 1.95. The van der Waals surface area contributed by atoms with Crippen LogP contribution in [0.3, 0.4) is 0 Å². The van der Waals surface area contributed by atoms with Crippen LogP contribution >= 0.6 is 0 Å². The molecule has 2 rings (SSSR count). The molecule has 0 aliphatic rings. The molecule has 1 heterocycles. The Kier molecular flexibility index (Phi) is 3.78. The minimum Gasteiger partial charge on any atom is -0.341 e. The summed E-state index contributed by atoms with van der Waals surface area (Å²) in [6, 6.07) is 11.8. The Morgan fingerprint density at radius 3 is 2.67 bits per heavy atom. The van der Waals surface area contributed by atoms with Crippen LogP contribution in [0.15, 0.2) is 55.3 Å². The van der Waals surface area contributed by atoms with E-state index in [2.05, 4.69) is 6.58 Å². The van der Waals surface area contributed by atoms with Crippen molar-refractivity contribution in [2.45, 2.75) is 19.9 Å². The molecule has 0 fully saturated rings. The minimum absolute atomic E-state index is 0.144. The summed E-state index contributed by atoms with van der Waals surface area (Å²) in [7, 11) is 0. The van der Waals surface area contributed by atoms with Crippen LogP contribution in [0.1, 0.15) is 21.6 Å². The Morgan fingerprint density at radius 1 is 1.28 bits per heavy atom. The number of ketones is 1. The lowest BCUT2D eigenvalue weighted by Crippen LogP contribution is -2.10. The van der Waals surface area contributed by atoms with Crippen LogP contribution in [-0.4, -0.2) is 10.4 Å². The zero-order chi connectivity index (χ0) is 13.0. The number of carbonyl (C=O) groups is 1. The van der Waals surface area contributed by atoms with Crippen molar-refractivity contribution in [3.8, 4) is 0 Å². The average molecular weight is 239 g/mol. The average Bonchev–Trinajstić information content (AvgIpc) is 2.81. The number of carbonyl (C=O) groups excluding carboxylic acids is 1. The molecule has 2 nitrogen and oxygen atoms in total. The quantitative estimate of drug-likeness (QED) is 0.579. The van der Waals surface area contributed by atoms with Crippen molar-refractivity contribution in [2.24, 2.45) is 0 Å². The van der Waals surface area contributed by atoms with Crippen molar-refractivity contribution in [2.75, 3.05) is 0 Å². The molecule has 0 amide bonds. The first-order valence-electron chi connectivity index (χ1n) is 6.05. The third-order valence-electron chi connectivity index (χ3n) is 2.93. The lowest BCUT2D eigenvalue weighted by molar-refractivity contribution is 0.0984. The van der Waals surface area contributed by atoms with Crippen molar-refractivity contribution >= 4 is 5.78 Å². The summed E-state index contributed by atoms with van der Waals surface area (Å²) in [6.45, 7) is 6.41. The number of hydrogen-bond acceptors (Lipinski definition) is 1. The Hall–Kier alpha value is -2.09. The summed E-state index contributed by atoms with van der Waals surface area (Å²) in [5.41, 5.74) is 3.01. The highest BCUT2D eigenvalue weighted by Gasteiger charge is 2.10. The molecular weight excluding hydrogens is 222 g/mol. The first-order chi connectivity index (χ1) is 8.70. The second-order valence-electron chi connectivity index (χ2n) is 4.42. The van der Waals surface area contributed by atoms with Gasteiger partial charge >= 0.3 is 0 Å². The Morgan fingerprint density at radius 2 is 2.00 bits per heavy atom. The van der Waals surface area contributed by atoms with E-state index in [1.807, 2.05) is 54.1 Å². The molecule has 0 aliphatic heterocycles. The molecule has 18 heavy (non-hydrogen) atoms. The predicted octanol–water partition coefficient (Wildman–Crippen LogP) is 3.41. The second kappa shape index (κ2) is 5.50. The number of rotatable bonds is 5. The molecule has 0 saturated carbocycles. The molecule has 0 unspecified atom stereocenters. The normalized spacial score (nSPS) is 10.3. The van der Waals surface area contributed by atoms with Crippen LogP contribution in [0.25, 0.3) is 0 Å². The lowest BCUT2D eigenvalue weighted by atomic mass is 10.1. The predicted molar refractivity (Wildman–Crippen MR) is 73.8 cm³/mol. The summed E-state index contributed by atoms with van der Waals surface area (Å²) in [6.07, 6.45) is 4.15. The smallest absolute Gasteiger partial charge is 0.183 e. The van der Waals surface area contributed by atoms with Crippen LogP contribution < -0.4 is 0 Å². The summed E-state index contributed by atoms with van der Waals surface area (Å²) in [5.74, 6) is 0.144. The van der Waals surface area contributed by atoms with Crippen molar-refractivity contribution in [3.05, 3.63) is 72.1 Å². The number of nitrogens with zero attached hydrogens (tertiary/aromatic N) is 1. The van der Waals surface area contributed by atoms with Gasteiger partial charge < -0.3 is 4.57 Å². The summed E-state index contributed by atoms with van der Waals surface area (Å²) < 4.78 is 1.92. The van der Waals surface area contributed by atoms with Gasteiger partial charge in [0.15, 0.2) is 5.78 Å². The molecule has 0 atom stereocenters. The molecule has 0 bridgehead atoms. The summed E-state index contributed by atoms with van der Waals surface area (Å²) in [4.78, 5) is 12.2. The van der Waals surface area contributed by atoms with Crippen LogP contribution in [0.2, 0.25) is 0 Å². The topological polar surface area (TPSA) is 22.0 Å². The highest BCUT2D eigenvalue weighted by molar-refractivity contribution is 5.96. The van der Waals surface area contributed by atoms with E-state index in [0.29, 0.717) is 13.0 Å². The van der Waals surface area contributed by atoms with Crippen molar-refractivity contribution < 1.29 is 4.79 Å². The van der Waals surface area contributed by atoms with E-state index in [-0.39, 0.29) is 5.78 Å². The number of benzene rings is 1. The zero-order valence-corrected chi connectivity index (χ0v) is 10.6. The van der Waals surface area contributed by atoms with Crippen LogP contribution in [0.5, 0.6) is 0 Å². The van der Waals surface area contributed by atoms with Gasteiger partial charge in [0.05, 0.1) is 5.69 Å². The maximum atomic E-state index is 12.2. The van der Waals surface area contributed by atoms with Gasteiger partial charge in [-0.05, 0) is 24.6 Å². The van der Waals surface area contributed by atoms with Crippen LogP contribution in [0, 0.1) is 6.92 Å². The van der Waals surface area contributed by atoms with Gasteiger partial charge in [-0.25, -0.2) is 0 Å². The van der Waals surface area contributed by atoms with Gasteiger partial charge in [0.2, 0.25) is 0 Å². The van der Waals surface area contributed by atoms with Gasteiger partial charge in [0.1, 0.15) is 0 Å². The highest BCUT2D eigenvalue weighted by atomic mass is 16.1. The van der Waals surface area contributed by atoms with Crippen molar-refractivity contribution in [1.82, 2.24) is 4.57 Å². The largest absolute Gasteiger partial charge is 0.341 e. The van der Waals surface area contributed by atoms with Gasteiger partial charge in [0.25, 0.3) is 0 Å². The molecule has 0 saturated heterocycles. The Labute approximate surface area is 108 Å². The SMILES string of the molecule is C=CCn1cccc1C(=O)Cc1ccc(C)cc1. The molecule has 1 aromatic heterocycles. The standard InChI is InChI=1S/C16H17NO/c1-3-10-17-11-4-5-15(17)16(18)12-14-8-6-13(2)7-9-14/h3-9,11H,1,10,12H2,2H3. The van der Waals surface area contributed by atoms with Gasteiger partial charge in [-0.15, -0.1) is 6.58 Å². The van der Waals surface area contributed by atoms with Crippen molar-refractivity contribution in [3.63, 3.8) is 0 Å². The number of hydrogen-bond donors (Lipinski definition) is 0. The van der Waals surface area contributed by atoms with E-state index in [9.17, 15) is 4.79 Å². The molecule has 0 aliphatic carbocycles. The van der Waals surface area contributed by atoms with E-state index in [1.165, 1.54) is 5.56 Å². The molecule has 2 aromatic rings. The summed E-state index contributed by atoms with van der Waals surface area (Å²) >= 11 is 0. The van der Waals surface area contributed by atoms with Crippen LogP contribution in [0.4, 0.5) is 0 Å². The third kappa shape index (κ3) is 2.77. The molecule has 0 N–H and O–H groups in total. The second-order valence-corrected chi connectivity index (χ2v) is 4.42. The maximum Gasteiger partial charge on any atom is 0.183 e. The van der Waals surface area contributed by atoms with Crippen molar-refractivity contribution in [1.29, 1.82) is 0 Å². The Bertz CT molecular complexity index is 549. The molecule has 1 aromatic carbocycles. The van der Waals surface area contributed by atoms with Crippen LogP contribution in [-0.2, 0) is 13.0 Å². The van der Waals surface area contributed by atoms with Gasteiger partial charge in [-0.3, -0.25) is 4.79 Å². The van der Waals surface area contributed by atoms with E-state index >= 15 is 0 Å². The molecule has 0 spiro atoms. The van der Waals surface area contributed by atoms with E-state index in [4.69, 9.17) is 0 Å². The number of Topliss-reactive ketones (excluding diaryl/α,β-unsaturated/α-hetero) is 1. The molecular formula is C16H17NO. The number of aromatic nitrogens is 1. The molecule has 0 radical (unpaired) electrons. The number of aryl methyl sites for hydroxylation is 1. The highest BCUT2D eigenvalue weighted by Crippen LogP contribution is 2.10. The van der Waals surface area contributed by atoms with Gasteiger partial charge in [0, 0.05) is 19.2 Å². The van der Waals surface area contributed by atoms with Gasteiger partial charge in [-0.2, -0.15) is 0 Å². The summed E-state index contributed by atoms with van der Waals surface area (Å²) in [5, 5.41) is 0. The molecule has 92 valence electrons. The van der Waals surface area contributed by atoms with E-state index < -0.39 is 0 Å². The first-order valence-corrected chi connectivity index (χ1v) is 6.05.